The van der Waals surface area contributed by atoms with Gasteiger partial charge in [-0.3, -0.25) is 19.2 Å². The Morgan fingerprint density at radius 2 is 1.71 bits per heavy atom. The third-order valence-electron chi connectivity index (χ3n) is 5.18. The maximum Gasteiger partial charge on any atom is 0.408 e. The average molecular weight is 537 g/mol. The monoisotopic (exact) mass is 536 g/mol. The maximum absolute atomic E-state index is 13.7. The topological polar surface area (TPSA) is 177 Å². The van der Waals surface area contributed by atoms with Crippen LogP contribution in [0, 0.1) is 6.92 Å². The number of hydrogen-bond donors (Lipinski definition) is 4. The molecular weight excluding hydrogens is 496 g/mol. The number of benzene rings is 1. The Hall–Kier alpha value is -3.67. The fourth-order valence-electron chi connectivity index (χ4n) is 3.51. The predicted octanol–water partition coefficient (Wildman–Crippen LogP) is 1.09. The molecule has 12 heteroatoms. The first-order valence-corrected chi connectivity index (χ1v) is 12.5. The van der Waals surface area contributed by atoms with E-state index >= 15 is 0 Å². The highest BCUT2D eigenvalue weighted by molar-refractivity contribution is 5.92. The van der Waals surface area contributed by atoms with Crippen molar-refractivity contribution in [3.05, 3.63) is 35.4 Å². The van der Waals surface area contributed by atoms with Crippen LogP contribution in [-0.4, -0.2) is 77.7 Å². The molecule has 4 amide bonds. The van der Waals surface area contributed by atoms with Crippen LogP contribution in [0.4, 0.5) is 4.79 Å². The summed E-state index contributed by atoms with van der Waals surface area (Å²) in [6.45, 7) is 7.90. The second kappa shape index (κ2) is 15.6. The van der Waals surface area contributed by atoms with Crippen molar-refractivity contribution >= 4 is 29.8 Å². The number of aliphatic hydroxyl groups is 1. The zero-order valence-electron chi connectivity index (χ0n) is 22.7. The van der Waals surface area contributed by atoms with E-state index in [0.717, 1.165) is 10.5 Å². The quantitative estimate of drug-likeness (QED) is 0.255. The minimum absolute atomic E-state index is 0.0392. The van der Waals surface area contributed by atoms with Crippen LogP contribution >= 0.6 is 0 Å². The number of primary amides is 1. The first kappa shape index (κ1) is 32.4. The summed E-state index contributed by atoms with van der Waals surface area (Å²) in [6.07, 6.45) is -1.34. The number of nitrogens with two attached hydrogens (primary N) is 1. The summed E-state index contributed by atoms with van der Waals surface area (Å²) < 4.78 is 10.1. The highest BCUT2D eigenvalue weighted by Gasteiger charge is 2.36. The molecule has 5 N–H and O–H groups in total. The van der Waals surface area contributed by atoms with Crippen LogP contribution in [0.15, 0.2) is 24.3 Å². The Morgan fingerprint density at radius 1 is 1.08 bits per heavy atom. The van der Waals surface area contributed by atoms with Crippen LogP contribution in [0.1, 0.15) is 64.1 Å². The van der Waals surface area contributed by atoms with Gasteiger partial charge in [-0.2, -0.15) is 0 Å². The van der Waals surface area contributed by atoms with Crippen LogP contribution in [0.25, 0.3) is 0 Å². The number of alkyl carbamates (subject to hydrolysis) is 1. The Morgan fingerprint density at radius 3 is 2.24 bits per heavy atom. The number of ether oxygens (including phenoxy) is 2. The van der Waals surface area contributed by atoms with Gasteiger partial charge in [0.25, 0.3) is 0 Å². The average Bonchev–Trinajstić information content (AvgIpc) is 2.81. The molecule has 0 spiro atoms. The number of carbonyl (C=O) groups excluding carboxylic acids is 5. The molecule has 0 radical (unpaired) electrons. The van der Waals surface area contributed by atoms with Crippen LogP contribution in [0.2, 0.25) is 0 Å². The SMILES string of the molecule is CCOC(=O)CCNC(=O)C(c1ccc(C)cc1)N(CCO)C(=O)C(CCC(N)=O)NC(=O)OC(C)(C)C. The molecule has 0 fully saturated rings. The Kier molecular flexibility index (Phi) is 13.2. The lowest BCUT2D eigenvalue weighted by Crippen LogP contribution is -2.54. The van der Waals surface area contributed by atoms with Crippen molar-refractivity contribution in [1.29, 1.82) is 0 Å². The van der Waals surface area contributed by atoms with Crippen molar-refractivity contribution in [2.75, 3.05) is 26.3 Å². The standard InChI is InChI=1S/C26H40N4O8/c1-6-37-21(33)13-14-28-23(34)22(18-9-7-17(2)8-10-18)30(15-16-31)24(35)19(11-12-20(27)32)29-25(36)38-26(3,4)5/h7-10,19,22,31H,6,11-16H2,1-5H3,(H2,27,32)(H,28,34)(H,29,36). The van der Waals surface area contributed by atoms with Gasteiger partial charge in [0.05, 0.1) is 19.6 Å². The molecule has 0 saturated carbocycles. The van der Waals surface area contributed by atoms with Crippen LogP contribution in [0.3, 0.4) is 0 Å². The van der Waals surface area contributed by atoms with E-state index in [1.165, 1.54) is 0 Å². The molecule has 0 heterocycles. The fourth-order valence-corrected chi connectivity index (χ4v) is 3.51. The lowest BCUT2D eigenvalue weighted by Gasteiger charge is -2.34. The molecule has 12 nitrogen and oxygen atoms in total. The summed E-state index contributed by atoms with van der Waals surface area (Å²) in [5, 5.41) is 14.9. The molecule has 0 aliphatic carbocycles. The Balaban J connectivity index is 3.34. The maximum atomic E-state index is 13.7. The number of hydrogen-bond acceptors (Lipinski definition) is 8. The largest absolute Gasteiger partial charge is 0.466 e. The Labute approximate surface area is 223 Å². The number of carbonyl (C=O) groups is 5. The molecule has 0 aromatic heterocycles. The molecule has 0 aliphatic heterocycles. The molecule has 1 aromatic rings. The smallest absolute Gasteiger partial charge is 0.408 e. The van der Waals surface area contributed by atoms with Gasteiger partial charge in [-0.15, -0.1) is 0 Å². The molecule has 1 aromatic carbocycles. The first-order chi connectivity index (χ1) is 17.8. The van der Waals surface area contributed by atoms with Gasteiger partial charge in [0, 0.05) is 19.5 Å². The number of aryl methyl sites for hydroxylation is 1. The summed E-state index contributed by atoms with van der Waals surface area (Å²) in [7, 11) is 0. The molecule has 1 rings (SSSR count). The van der Waals surface area contributed by atoms with Gasteiger partial charge in [-0.05, 0) is 46.6 Å². The minimum atomic E-state index is -1.27. The Bertz CT molecular complexity index is 959. The highest BCUT2D eigenvalue weighted by atomic mass is 16.6. The van der Waals surface area contributed by atoms with E-state index in [9.17, 15) is 29.1 Å². The number of nitrogens with one attached hydrogen (secondary N) is 2. The molecular formula is C26H40N4O8. The predicted molar refractivity (Wildman–Crippen MR) is 139 cm³/mol. The van der Waals surface area contributed by atoms with E-state index in [2.05, 4.69) is 10.6 Å². The van der Waals surface area contributed by atoms with E-state index in [-0.39, 0.29) is 39.0 Å². The van der Waals surface area contributed by atoms with Crippen LogP contribution in [-0.2, 0) is 28.7 Å². The lowest BCUT2D eigenvalue weighted by molar-refractivity contribution is -0.144. The molecule has 38 heavy (non-hydrogen) atoms. The van der Waals surface area contributed by atoms with Crippen molar-refractivity contribution in [3.8, 4) is 0 Å². The van der Waals surface area contributed by atoms with Gasteiger partial charge in [-0.25, -0.2) is 4.79 Å². The van der Waals surface area contributed by atoms with Crippen molar-refractivity contribution in [2.24, 2.45) is 5.73 Å². The third-order valence-corrected chi connectivity index (χ3v) is 5.18. The van der Waals surface area contributed by atoms with Crippen LogP contribution < -0.4 is 16.4 Å². The first-order valence-electron chi connectivity index (χ1n) is 12.5. The zero-order chi connectivity index (χ0) is 28.9. The fraction of sp³-hybridized carbons (Fsp3) is 0.577. The summed E-state index contributed by atoms with van der Waals surface area (Å²) in [4.78, 5) is 63.9. The highest BCUT2D eigenvalue weighted by Crippen LogP contribution is 2.24. The number of amides is 4. The number of aliphatic hydroxyl groups excluding tert-OH is 1. The van der Waals surface area contributed by atoms with Crippen molar-refractivity contribution in [3.63, 3.8) is 0 Å². The summed E-state index contributed by atoms with van der Waals surface area (Å²) in [6, 6.07) is 4.38. The molecule has 0 bridgehead atoms. The van der Waals surface area contributed by atoms with E-state index in [1.807, 2.05) is 6.92 Å². The summed E-state index contributed by atoms with van der Waals surface area (Å²) >= 11 is 0. The molecule has 2 unspecified atom stereocenters. The van der Waals surface area contributed by atoms with E-state index in [0.29, 0.717) is 5.56 Å². The minimum Gasteiger partial charge on any atom is -0.466 e. The normalized spacial score (nSPS) is 12.6. The van der Waals surface area contributed by atoms with Gasteiger partial charge >= 0.3 is 12.1 Å². The van der Waals surface area contributed by atoms with E-state index in [4.69, 9.17) is 15.2 Å². The summed E-state index contributed by atoms with van der Waals surface area (Å²) in [5.41, 5.74) is 5.78. The molecule has 2 atom stereocenters. The van der Waals surface area contributed by atoms with Crippen molar-refractivity contribution in [2.45, 2.75) is 71.6 Å². The van der Waals surface area contributed by atoms with Gasteiger partial charge in [-0.1, -0.05) is 29.8 Å². The zero-order valence-corrected chi connectivity index (χ0v) is 22.7. The molecule has 212 valence electrons. The van der Waals surface area contributed by atoms with Gasteiger partial charge < -0.3 is 35.8 Å². The third kappa shape index (κ3) is 11.6. The second-order valence-electron chi connectivity index (χ2n) is 9.62. The van der Waals surface area contributed by atoms with E-state index < -0.39 is 54.1 Å². The van der Waals surface area contributed by atoms with Gasteiger partial charge in [0.1, 0.15) is 17.7 Å². The number of nitrogens with zero attached hydrogens (tertiary/aromatic N) is 1. The van der Waals surface area contributed by atoms with E-state index in [1.54, 1.807) is 52.0 Å². The van der Waals surface area contributed by atoms with Gasteiger partial charge in [0.15, 0.2) is 0 Å². The molecule has 0 saturated heterocycles. The second-order valence-corrected chi connectivity index (χ2v) is 9.62. The number of rotatable bonds is 14. The van der Waals surface area contributed by atoms with Crippen LogP contribution in [0.5, 0.6) is 0 Å². The number of esters is 1. The summed E-state index contributed by atoms with van der Waals surface area (Å²) in [5.74, 6) is -2.51. The van der Waals surface area contributed by atoms with Gasteiger partial charge in [0.2, 0.25) is 17.7 Å². The lowest BCUT2D eigenvalue weighted by atomic mass is 10.0. The van der Waals surface area contributed by atoms with Crippen molar-refractivity contribution < 1.29 is 38.6 Å². The van der Waals surface area contributed by atoms with Crippen molar-refractivity contribution in [1.82, 2.24) is 15.5 Å². The molecule has 0 aliphatic rings.